The van der Waals surface area contributed by atoms with E-state index < -0.39 is 0 Å². The number of likely N-dealkylation sites (tertiary alicyclic amines) is 1. The van der Waals surface area contributed by atoms with Gasteiger partial charge in [-0.05, 0) is 31.6 Å². The van der Waals surface area contributed by atoms with Crippen LogP contribution >= 0.6 is 0 Å². The molecule has 1 saturated carbocycles. The first-order valence-corrected chi connectivity index (χ1v) is 7.45. The summed E-state index contributed by atoms with van der Waals surface area (Å²) in [6, 6.07) is 0.782. The lowest BCUT2D eigenvalue weighted by Gasteiger charge is -2.37. The Morgan fingerprint density at radius 1 is 1.28 bits per heavy atom. The highest BCUT2D eigenvalue weighted by Crippen LogP contribution is 2.37. The van der Waals surface area contributed by atoms with Gasteiger partial charge in [0.25, 0.3) is 0 Å². The van der Waals surface area contributed by atoms with Crippen LogP contribution in [-0.4, -0.2) is 49.2 Å². The van der Waals surface area contributed by atoms with Gasteiger partial charge in [0.1, 0.15) is 0 Å². The quantitative estimate of drug-likeness (QED) is 0.819. The monoisotopic (exact) mass is 252 g/mol. The Balaban J connectivity index is 1.53. The number of amides is 1. The van der Waals surface area contributed by atoms with Crippen molar-refractivity contribution in [2.24, 2.45) is 5.92 Å². The predicted octanol–water partition coefficient (Wildman–Crippen LogP) is 1.16. The van der Waals surface area contributed by atoms with Crippen LogP contribution in [0.25, 0.3) is 0 Å². The number of morpholine rings is 1. The summed E-state index contributed by atoms with van der Waals surface area (Å²) in [6.45, 7) is 3.32. The van der Waals surface area contributed by atoms with Crippen molar-refractivity contribution < 1.29 is 9.53 Å². The van der Waals surface area contributed by atoms with Gasteiger partial charge < -0.3 is 15.0 Å². The molecule has 2 atom stereocenters. The lowest BCUT2D eigenvalue weighted by atomic mass is 9.78. The van der Waals surface area contributed by atoms with E-state index in [-0.39, 0.29) is 6.04 Å². The summed E-state index contributed by atoms with van der Waals surface area (Å²) in [4.78, 5) is 14.6. The molecule has 3 aliphatic rings. The molecule has 2 aliphatic heterocycles. The van der Waals surface area contributed by atoms with Crippen molar-refractivity contribution in [1.29, 1.82) is 0 Å². The standard InChI is InChI=1S/C14H24N2O2/c17-14(9-12-10-18-8-6-15-12)16-7-2-5-13(16)11-3-1-4-11/h11-13,15H,1-10H2. The van der Waals surface area contributed by atoms with Gasteiger partial charge in [-0.2, -0.15) is 0 Å². The van der Waals surface area contributed by atoms with Crippen molar-refractivity contribution in [1.82, 2.24) is 10.2 Å². The second kappa shape index (κ2) is 5.57. The molecule has 0 aromatic rings. The molecular formula is C14H24N2O2. The van der Waals surface area contributed by atoms with Crippen molar-refractivity contribution >= 4 is 5.91 Å². The number of nitrogens with one attached hydrogen (secondary N) is 1. The minimum Gasteiger partial charge on any atom is -0.378 e. The summed E-state index contributed by atoms with van der Waals surface area (Å²) < 4.78 is 5.42. The van der Waals surface area contributed by atoms with Crippen LogP contribution in [0.4, 0.5) is 0 Å². The molecule has 0 radical (unpaired) electrons. The molecule has 1 aliphatic carbocycles. The zero-order valence-corrected chi connectivity index (χ0v) is 11.1. The fourth-order valence-electron chi connectivity index (χ4n) is 3.50. The molecule has 0 bridgehead atoms. The highest BCUT2D eigenvalue weighted by Gasteiger charge is 2.37. The first-order chi connectivity index (χ1) is 8.84. The summed E-state index contributed by atoms with van der Waals surface area (Å²) in [5.41, 5.74) is 0. The Hall–Kier alpha value is -0.610. The summed E-state index contributed by atoms with van der Waals surface area (Å²) in [7, 11) is 0. The highest BCUT2D eigenvalue weighted by atomic mass is 16.5. The fourth-order valence-corrected chi connectivity index (χ4v) is 3.50. The second-order valence-corrected chi connectivity index (χ2v) is 5.92. The first-order valence-electron chi connectivity index (χ1n) is 7.45. The number of carbonyl (C=O) groups excluding carboxylic acids is 1. The van der Waals surface area contributed by atoms with Crippen molar-refractivity contribution in [3.63, 3.8) is 0 Å². The highest BCUT2D eigenvalue weighted by molar-refractivity contribution is 5.77. The molecule has 3 fully saturated rings. The summed E-state index contributed by atoms with van der Waals surface area (Å²) in [5, 5.41) is 3.37. The first kappa shape index (κ1) is 12.4. The summed E-state index contributed by atoms with van der Waals surface area (Å²) >= 11 is 0. The number of nitrogens with zero attached hydrogens (tertiary/aromatic N) is 1. The average Bonchev–Trinajstić information content (AvgIpc) is 2.77. The molecule has 18 heavy (non-hydrogen) atoms. The number of carbonyl (C=O) groups is 1. The molecular weight excluding hydrogens is 228 g/mol. The molecule has 2 saturated heterocycles. The van der Waals surface area contributed by atoms with Gasteiger partial charge in [-0.3, -0.25) is 4.79 Å². The van der Waals surface area contributed by atoms with E-state index >= 15 is 0 Å². The van der Waals surface area contributed by atoms with E-state index in [4.69, 9.17) is 4.74 Å². The zero-order chi connectivity index (χ0) is 12.4. The van der Waals surface area contributed by atoms with Crippen LogP contribution < -0.4 is 5.32 Å². The van der Waals surface area contributed by atoms with Crippen molar-refractivity contribution in [3.8, 4) is 0 Å². The lowest BCUT2D eigenvalue weighted by Crippen LogP contribution is -2.47. The Bertz CT molecular complexity index is 298. The van der Waals surface area contributed by atoms with Gasteiger partial charge in [-0.25, -0.2) is 0 Å². The Kier molecular flexibility index (Phi) is 3.85. The molecule has 0 aromatic carbocycles. The molecule has 0 spiro atoms. The molecule has 0 aromatic heterocycles. The van der Waals surface area contributed by atoms with E-state index in [9.17, 15) is 4.79 Å². The van der Waals surface area contributed by atoms with Crippen LogP contribution in [0.3, 0.4) is 0 Å². The van der Waals surface area contributed by atoms with Gasteiger partial charge in [-0.15, -0.1) is 0 Å². The van der Waals surface area contributed by atoms with Crippen LogP contribution in [0.2, 0.25) is 0 Å². The van der Waals surface area contributed by atoms with E-state index in [0.29, 0.717) is 25.0 Å². The van der Waals surface area contributed by atoms with E-state index in [0.717, 1.165) is 25.6 Å². The van der Waals surface area contributed by atoms with Gasteiger partial charge in [0.15, 0.2) is 0 Å². The smallest absolute Gasteiger partial charge is 0.224 e. The van der Waals surface area contributed by atoms with Gasteiger partial charge in [0.05, 0.1) is 13.2 Å². The normalized spacial score (nSPS) is 33.4. The second-order valence-electron chi connectivity index (χ2n) is 5.92. The van der Waals surface area contributed by atoms with Crippen LogP contribution in [0.15, 0.2) is 0 Å². The van der Waals surface area contributed by atoms with Crippen molar-refractivity contribution in [2.45, 2.75) is 50.6 Å². The molecule has 102 valence electrons. The topological polar surface area (TPSA) is 41.6 Å². The Morgan fingerprint density at radius 2 is 2.17 bits per heavy atom. The minimum absolute atomic E-state index is 0.230. The molecule has 4 heteroatoms. The van der Waals surface area contributed by atoms with Gasteiger partial charge in [0.2, 0.25) is 5.91 Å². The third-order valence-corrected chi connectivity index (χ3v) is 4.73. The van der Waals surface area contributed by atoms with Crippen LogP contribution in [-0.2, 0) is 9.53 Å². The number of hydrogen-bond donors (Lipinski definition) is 1. The van der Waals surface area contributed by atoms with Crippen molar-refractivity contribution in [3.05, 3.63) is 0 Å². The Labute approximate surface area is 109 Å². The van der Waals surface area contributed by atoms with Gasteiger partial charge in [0, 0.05) is 31.6 Å². The largest absolute Gasteiger partial charge is 0.378 e. The summed E-state index contributed by atoms with van der Waals surface area (Å²) in [6.07, 6.45) is 7.06. The van der Waals surface area contributed by atoms with E-state index in [1.165, 1.54) is 32.1 Å². The van der Waals surface area contributed by atoms with E-state index in [1.54, 1.807) is 0 Å². The molecule has 2 unspecified atom stereocenters. The lowest BCUT2D eigenvalue weighted by molar-refractivity contribution is -0.134. The maximum atomic E-state index is 12.4. The van der Waals surface area contributed by atoms with Crippen LogP contribution in [0.1, 0.15) is 38.5 Å². The third kappa shape index (κ3) is 2.54. The minimum atomic E-state index is 0.230. The third-order valence-electron chi connectivity index (χ3n) is 4.73. The Morgan fingerprint density at radius 3 is 2.83 bits per heavy atom. The summed E-state index contributed by atoms with van der Waals surface area (Å²) in [5.74, 6) is 1.14. The molecule has 1 amide bonds. The maximum Gasteiger partial charge on any atom is 0.224 e. The average molecular weight is 252 g/mol. The number of ether oxygens (including phenoxy) is 1. The molecule has 4 nitrogen and oxygen atoms in total. The molecule has 2 heterocycles. The zero-order valence-electron chi connectivity index (χ0n) is 11.1. The molecule has 3 rings (SSSR count). The van der Waals surface area contributed by atoms with Crippen LogP contribution in [0.5, 0.6) is 0 Å². The van der Waals surface area contributed by atoms with Gasteiger partial charge in [-0.1, -0.05) is 6.42 Å². The SMILES string of the molecule is O=C(CC1COCCN1)N1CCCC1C1CCC1. The van der Waals surface area contributed by atoms with Crippen molar-refractivity contribution in [2.75, 3.05) is 26.3 Å². The number of rotatable bonds is 3. The molecule has 1 N–H and O–H groups in total. The van der Waals surface area contributed by atoms with Crippen LogP contribution in [0, 0.1) is 5.92 Å². The van der Waals surface area contributed by atoms with E-state index in [1.807, 2.05) is 0 Å². The fraction of sp³-hybridized carbons (Fsp3) is 0.929. The van der Waals surface area contributed by atoms with E-state index in [2.05, 4.69) is 10.2 Å². The van der Waals surface area contributed by atoms with Gasteiger partial charge >= 0.3 is 0 Å². The number of hydrogen-bond acceptors (Lipinski definition) is 3. The maximum absolute atomic E-state index is 12.4. The predicted molar refractivity (Wildman–Crippen MR) is 69.3 cm³/mol.